The molecule has 1 heterocycles. The molecule has 2 aromatic carbocycles. The summed E-state index contributed by atoms with van der Waals surface area (Å²) < 4.78 is 1.60. The zero-order valence-corrected chi connectivity index (χ0v) is 15.9. The van der Waals surface area contributed by atoms with Crippen LogP contribution in [-0.4, -0.2) is 27.8 Å². The van der Waals surface area contributed by atoms with Gasteiger partial charge >= 0.3 is 0 Å². The molecule has 3 rings (SSSR count). The molecule has 1 N–H and O–H groups in total. The molecule has 1 amide bonds. The number of carbonyl (C=O) groups excluding carboxylic acids is 1. The van der Waals surface area contributed by atoms with Crippen LogP contribution < -0.4 is 10.9 Å². The average molecular weight is 367 g/mol. The van der Waals surface area contributed by atoms with Crippen LogP contribution in [0.15, 0.2) is 52.4 Å². The van der Waals surface area contributed by atoms with Crippen LogP contribution in [0, 0.1) is 13.8 Å². The highest BCUT2D eigenvalue weighted by Crippen LogP contribution is 2.22. The summed E-state index contributed by atoms with van der Waals surface area (Å²) in [5.41, 5.74) is 3.42. The molecule has 26 heavy (non-hydrogen) atoms. The van der Waals surface area contributed by atoms with Crippen LogP contribution in [-0.2, 0) is 4.79 Å². The average Bonchev–Trinajstić information content (AvgIpc) is 2.59. The summed E-state index contributed by atoms with van der Waals surface area (Å²) in [6.45, 7) is 6.45. The molecule has 0 atom stereocenters. The van der Waals surface area contributed by atoms with Crippen molar-refractivity contribution >= 4 is 28.6 Å². The van der Waals surface area contributed by atoms with E-state index in [0.717, 1.165) is 16.8 Å². The number of hydrogen-bond donors (Lipinski definition) is 1. The van der Waals surface area contributed by atoms with Crippen molar-refractivity contribution in [1.29, 1.82) is 0 Å². The fourth-order valence-electron chi connectivity index (χ4n) is 2.89. The third-order valence-electron chi connectivity index (χ3n) is 3.92. The van der Waals surface area contributed by atoms with Crippen LogP contribution in [0.2, 0.25) is 0 Å². The van der Waals surface area contributed by atoms with Crippen LogP contribution >= 0.6 is 11.8 Å². The number of aryl methyl sites for hydroxylation is 2. The Morgan fingerprint density at radius 1 is 1.15 bits per heavy atom. The molecule has 0 spiro atoms. The SMILES string of the molecule is CCNC(=O)CSc1nc2ccccc2c(=O)n1-c1cc(C)cc(C)c1. The molecule has 0 saturated carbocycles. The number of nitrogens with one attached hydrogen (secondary N) is 1. The number of benzene rings is 2. The Kier molecular flexibility index (Phi) is 5.42. The Balaban J connectivity index is 2.17. The van der Waals surface area contributed by atoms with E-state index >= 15 is 0 Å². The highest BCUT2D eigenvalue weighted by Gasteiger charge is 2.15. The summed E-state index contributed by atoms with van der Waals surface area (Å²) in [7, 11) is 0. The maximum Gasteiger partial charge on any atom is 0.266 e. The molecule has 0 fully saturated rings. The van der Waals surface area contributed by atoms with Crippen molar-refractivity contribution in [2.75, 3.05) is 12.3 Å². The van der Waals surface area contributed by atoms with E-state index in [-0.39, 0.29) is 17.2 Å². The number of hydrogen-bond acceptors (Lipinski definition) is 4. The Bertz CT molecular complexity index is 1010. The second-order valence-corrected chi connectivity index (χ2v) is 7.08. The lowest BCUT2D eigenvalue weighted by molar-refractivity contribution is -0.118. The third-order valence-corrected chi connectivity index (χ3v) is 4.85. The van der Waals surface area contributed by atoms with Gasteiger partial charge in [-0.1, -0.05) is 30.0 Å². The second kappa shape index (κ2) is 7.74. The lowest BCUT2D eigenvalue weighted by Gasteiger charge is -2.14. The molecule has 134 valence electrons. The van der Waals surface area contributed by atoms with E-state index in [9.17, 15) is 9.59 Å². The fourth-order valence-corrected chi connectivity index (χ4v) is 3.74. The van der Waals surface area contributed by atoms with E-state index in [2.05, 4.69) is 16.4 Å². The van der Waals surface area contributed by atoms with E-state index in [4.69, 9.17) is 0 Å². The summed E-state index contributed by atoms with van der Waals surface area (Å²) in [4.78, 5) is 29.7. The van der Waals surface area contributed by atoms with Crippen molar-refractivity contribution in [3.05, 3.63) is 63.9 Å². The molecular formula is C20H21N3O2S. The van der Waals surface area contributed by atoms with Crippen molar-refractivity contribution in [1.82, 2.24) is 14.9 Å². The third kappa shape index (κ3) is 3.80. The van der Waals surface area contributed by atoms with Gasteiger partial charge in [0, 0.05) is 6.54 Å². The largest absolute Gasteiger partial charge is 0.356 e. The first-order valence-corrected chi connectivity index (χ1v) is 9.48. The fraction of sp³-hybridized carbons (Fsp3) is 0.250. The highest BCUT2D eigenvalue weighted by atomic mass is 32.2. The summed E-state index contributed by atoms with van der Waals surface area (Å²) in [5, 5.41) is 3.85. The highest BCUT2D eigenvalue weighted by molar-refractivity contribution is 7.99. The Labute approximate surface area is 156 Å². The lowest BCUT2D eigenvalue weighted by Crippen LogP contribution is -2.26. The predicted molar refractivity (Wildman–Crippen MR) is 106 cm³/mol. The number of aromatic nitrogens is 2. The molecule has 0 saturated heterocycles. The summed E-state index contributed by atoms with van der Waals surface area (Å²) >= 11 is 1.27. The summed E-state index contributed by atoms with van der Waals surface area (Å²) in [6, 6.07) is 13.3. The van der Waals surface area contributed by atoms with Gasteiger partial charge in [-0.15, -0.1) is 0 Å². The van der Waals surface area contributed by atoms with Gasteiger partial charge in [0.2, 0.25) is 5.91 Å². The number of carbonyl (C=O) groups is 1. The van der Waals surface area contributed by atoms with Gasteiger partial charge in [-0.3, -0.25) is 14.2 Å². The first kappa shape index (κ1) is 18.2. The van der Waals surface area contributed by atoms with Gasteiger partial charge in [0.15, 0.2) is 5.16 Å². The van der Waals surface area contributed by atoms with Crippen molar-refractivity contribution in [2.24, 2.45) is 0 Å². The van der Waals surface area contributed by atoms with Gasteiger partial charge in [0.1, 0.15) is 0 Å². The van der Waals surface area contributed by atoms with Crippen LogP contribution in [0.1, 0.15) is 18.1 Å². The van der Waals surface area contributed by atoms with Crippen LogP contribution in [0.4, 0.5) is 0 Å². The van der Waals surface area contributed by atoms with E-state index < -0.39 is 0 Å². The first-order chi connectivity index (χ1) is 12.5. The van der Waals surface area contributed by atoms with Crippen molar-refractivity contribution < 1.29 is 4.79 Å². The molecule has 3 aromatic rings. The molecule has 0 aliphatic rings. The van der Waals surface area contributed by atoms with Crippen molar-refractivity contribution in [2.45, 2.75) is 25.9 Å². The topological polar surface area (TPSA) is 64.0 Å². The zero-order chi connectivity index (χ0) is 18.7. The van der Waals surface area contributed by atoms with Gasteiger partial charge in [-0.05, 0) is 56.2 Å². The van der Waals surface area contributed by atoms with Crippen LogP contribution in [0.25, 0.3) is 16.6 Å². The number of thioether (sulfide) groups is 1. The second-order valence-electron chi connectivity index (χ2n) is 6.14. The van der Waals surface area contributed by atoms with Crippen molar-refractivity contribution in [3.63, 3.8) is 0 Å². The minimum absolute atomic E-state index is 0.0770. The minimum atomic E-state index is -0.126. The monoisotopic (exact) mass is 367 g/mol. The molecule has 0 aliphatic carbocycles. The molecular weight excluding hydrogens is 346 g/mol. The quantitative estimate of drug-likeness (QED) is 0.555. The zero-order valence-electron chi connectivity index (χ0n) is 15.1. The Morgan fingerprint density at radius 3 is 2.54 bits per heavy atom. The lowest BCUT2D eigenvalue weighted by atomic mass is 10.1. The predicted octanol–water partition coefficient (Wildman–Crippen LogP) is 3.23. The Morgan fingerprint density at radius 2 is 1.85 bits per heavy atom. The number of para-hydroxylation sites is 1. The summed E-state index contributed by atoms with van der Waals surface area (Å²) in [6.07, 6.45) is 0. The first-order valence-electron chi connectivity index (χ1n) is 8.49. The standard InChI is InChI=1S/C20H21N3O2S/c1-4-21-18(24)12-26-20-22-17-8-6-5-7-16(17)19(25)23(20)15-10-13(2)9-14(3)11-15/h5-11H,4,12H2,1-3H3,(H,21,24). The molecule has 5 nitrogen and oxygen atoms in total. The minimum Gasteiger partial charge on any atom is -0.356 e. The van der Waals surface area contributed by atoms with Crippen molar-refractivity contribution in [3.8, 4) is 5.69 Å². The number of fused-ring (bicyclic) bond motifs is 1. The molecule has 0 bridgehead atoms. The number of rotatable bonds is 5. The van der Waals surface area contributed by atoms with E-state index in [1.807, 2.05) is 51.1 Å². The molecule has 0 unspecified atom stereocenters. The number of nitrogens with zero attached hydrogens (tertiary/aromatic N) is 2. The van der Waals surface area contributed by atoms with Gasteiger partial charge in [-0.2, -0.15) is 0 Å². The van der Waals surface area contributed by atoms with Gasteiger partial charge in [0.05, 0.1) is 22.3 Å². The van der Waals surface area contributed by atoms with E-state index in [1.165, 1.54) is 11.8 Å². The van der Waals surface area contributed by atoms with E-state index in [1.54, 1.807) is 10.6 Å². The smallest absolute Gasteiger partial charge is 0.266 e. The number of amides is 1. The molecule has 1 aromatic heterocycles. The molecule has 0 radical (unpaired) electrons. The van der Waals surface area contributed by atoms with Crippen LogP contribution in [0.5, 0.6) is 0 Å². The van der Waals surface area contributed by atoms with Gasteiger partial charge in [0.25, 0.3) is 5.56 Å². The molecule has 6 heteroatoms. The maximum atomic E-state index is 13.2. The van der Waals surface area contributed by atoms with Gasteiger partial charge in [-0.25, -0.2) is 4.98 Å². The Hall–Kier alpha value is -2.60. The van der Waals surface area contributed by atoms with E-state index in [0.29, 0.717) is 22.6 Å². The molecule has 0 aliphatic heterocycles. The summed E-state index contributed by atoms with van der Waals surface area (Å²) in [5.74, 6) is 0.135. The van der Waals surface area contributed by atoms with Crippen LogP contribution in [0.3, 0.4) is 0 Å². The maximum absolute atomic E-state index is 13.2. The van der Waals surface area contributed by atoms with Gasteiger partial charge < -0.3 is 5.32 Å². The normalized spacial score (nSPS) is 10.9.